The molecule has 82 valence electrons. The molecule has 0 fully saturated rings. The number of rotatable bonds is 4. The Hall–Kier alpha value is -1.45. The molecule has 1 aromatic rings. The molecule has 0 aliphatic rings. The first-order chi connectivity index (χ1) is 7.06. The van der Waals surface area contributed by atoms with Crippen LogP contribution in [0.2, 0.25) is 0 Å². The summed E-state index contributed by atoms with van der Waals surface area (Å²) < 4.78 is 28.7. The second-order valence-corrected chi connectivity index (χ2v) is 3.30. The van der Waals surface area contributed by atoms with E-state index in [4.69, 9.17) is 0 Å². The van der Waals surface area contributed by atoms with E-state index in [0.29, 0.717) is 17.4 Å². The third kappa shape index (κ3) is 2.75. The summed E-state index contributed by atoms with van der Waals surface area (Å²) in [6.45, 7) is 0.433. The fourth-order valence-electron chi connectivity index (χ4n) is 1.36. The van der Waals surface area contributed by atoms with E-state index in [1.165, 1.54) is 0 Å². The summed E-state index contributed by atoms with van der Waals surface area (Å²) in [6, 6.07) is 4.99. The van der Waals surface area contributed by atoms with Gasteiger partial charge in [-0.1, -0.05) is 25.1 Å². The largest absolute Gasteiger partial charge is 0.434 e. The van der Waals surface area contributed by atoms with Crippen molar-refractivity contribution < 1.29 is 18.3 Å². The maximum atomic E-state index is 12.1. The fourth-order valence-corrected chi connectivity index (χ4v) is 1.36. The van der Waals surface area contributed by atoms with Gasteiger partial charge in [-0.25, -0.2) is 0 Å². The maximum Gasteiger partial charge on any atom is 0.387 e. The Labute approximate surface area is 86.9 Å². The fraction of sp³-hybridized carbons (Fsp3) is 0.364. The van der Waals surface area contributed by atoms with Crippen molar-refractivity contribution >= 4 is 6.29 Å². The lowest BCUT2D eigenvalue weighted by molar-refractivity contribution is -0.108. The number of benzene rings is 1. The molecule has 1 unspecified atom stereocenters. The van der Waals surface area contributed by atoms with Gasteiger partial charge in [-0.3, -0.25) is 0 Å². The zero-order chi connectivity index (χ0) is 11.4. The topological polar surface area (TPSA) is 26.3 Å². The van der Waals surface area contributed by atoms with Gasteiger partial charge in [0.05, 0.1) is 0 Å². The standard InChI is InChI=1S/C11H12F2O2/c1-7-4-3-5-9(8(2)6-14)10(7)15-11(12)13/h3-6,8,11H,1-2H3. The van der Waals surface area contributed by atoms with Crippen molar-refractivity contribution in [2.45, 2.75) is 26.4 Å². The minimum atomic E-state index is -2.87. The molecule has 0 spiro atoms. The van der Waals surface area contributed by atoms with Crippen LogP contribution < -0.4 is 4.74 Å². The molecule has 1 aromatic carbocycles. The van der Waals surface area contributed by atoms with Crippen LogP contribution in [0.25, 0.3) is 0 Å². The summed E-state index contributed by atoms with van der Waals surface area (Å²) in [6.07, 6.45) is 0.701. The molecule has 0 aliphatic heterocycles. The molecule has 0 N–H and O–H groups in total. The molecular weight excluding hydrogens is 202 g/mol. The predicted octanol–water partition coefficient (Wildman–Crippen LogP) is 2.90. The Morgan fingerprint density at radius 1 is 1.40 bits per heavy atom. The predicted molar refractivity (Wildman–Crippen MR) is 52.3 cm³/mol. The number of hydrogen-bond acceptors (Lipinski definition) is 2. The van der Waals surface area contributed by atoms with Crippen LogP contribution >= 0.6 is 0 Å². The van der Waals surface area contributed by atoms with Gasteiger partial charge < -0.3 is 9.53 Å². The number of ether oxygens (including phenoxy) is 1. The Kier molecular flexibility index (Phi) is 3.77. The van der Waals surface area contributed by atoms with Crippen LogP contribution in [-0.4, -0.2) is 12.9 Å². The van der Waals surface area contributed by atoms with Crippen molar-refractivity contribution in [1.29, 1.82) is 0 Å². The highest BCUT2D eigenvalue weighted by molar-refractivity contribution is 5.64. The smallest absolute Gasteiger partial charge is 0.387 e. The minimum absolute atomic E-state index is 0.104. The maximum absolute atomic E-state index is 12.1. The van der Waals surface area contributed by atoms with E-state index in [0.717, 1.165) is 0 Å². The molecule has 0 amide bonds. The van der Waals surface area contributed by atoms with Gasteiger partial charge in [-0.2, -0.15) is 8.78 Å². The normalized spacial score (nSPS) is 12.6. The number of carbonyl (C=O) groups is 1. The van der Waals surface area contributed by atoms with E-state index in [9.17, 15) is 13.6 Å². The highest BCUT2D eigenvalue weighted by Crippen LogP contribution is 2.30. The Morgan fingerprint density at radius 2 is 2.07 bits per heavy atom. The number of carbonyl (C=O) groups excluding carboxylic acids is 1. The molecular formula is C11H12F2O2. The van der Waals surface area contributed by atoms with Crippen molar-refractivity contribution in [1.82, 2.24) is 0 Å². The Morgan fingerprint density at radius 3 is 2.60 bits per heavy atom. The SMILES string of the molecule is Cc1cccc(C(C)C=O)c1OC(F)F. The minimum Gasteiger partial charge on any atom is -0.434 e. The summed E-state index contributed by atoms with van der Waals surface area (Å²) in [5, 5.41) is 0. The third-order valence-corrected chi connectivity index (χ3v) is 2.14. The first-order valence-corrected chi connectivity index (χ1v) is 4.56. The first kappa shape index (κ1) is 11.6. The Bertz CT molecular complexity index is 350. The number of aldehydes is 1. The lowest BCUT2D eigenvalue weighted by atomic mass is 9.99. The average Bonchev–Trinajstić information content (AvgIpc) is 2.19. The molecule has 15 heavy (non-hydrogen) atoms. The van der Waals surface area contributed by atoms with Crippen molar-refractivity contribution in [2.24, 2.45) is 0 Å². The number of alkyl halides is 2. The van der Waals surface area contributed by atoms with E-state index in [-0.39, 0.29) is 5.75 Å². The van der Waals surface area contributed by atoms with Crippen LogP contribution in [0, 0.1) is 6.92 Å². The Balaban J connectivity index is 3.13. The highest BCUT2D eigenvalue weighted by atomic mass is 19.3. The van der Waals surface area contributed by atoms with E-state index in [2.05, 4.69) is 4.74 Å². The van der Waals surface area contributed by atoms with Crippen LogP contribution in [0.1, 0.15) is 24.0 Å². The molecule has 1 atom stereocenters. The highest BCUT2D eigenvalue weighted by Gasteiger charge is 2.16. The molecule has 4 heteroatoms. The van der Waals surface area contributed by atoms with Crippen molar-refractivity contribution in [3.63, 3.8) is 0 Å². The monoisotopic (exact) mass is 214 g/mol. The molecule has 0 aromatic heterocycles. The first-order valence-electron chi connectivity index (χ1n) is 4.56. The van der Waals surface area contributed by atoms with Crippen LogP contribution in [-0.2, 0) is 4.79 Å². The second kappa shape index (κ2) is 4.87. The zero-order valence-electron chi connectivity index (χ0n) is 8.54. The molecule has 0 aliphatic carbocycles. The zero-order valence-corrected chi connectivity index (χ0v) is 8.54. The van der Waals surface area contributed by atoms with E-state index >= 15 is 0 Å². The van der Waals surface area contributed by atoms with Gasteiger partial charge in [0.25, 0.3) is 0 Å². The molecule has 0 bridgehead atoms. The van der Waals surface area contributed by atoms with Gasteiger partial charge in [0, 0.05) is 11.5 Å². The molecule has 0 radical (unpaired) electrons. The van der Waals surface area contributed by atoms with Crippen molar-refractivity contribution in [3.8, 4) is 5.75 Å². The van der Waals surface area contributed by atoms with Gasteiger partial charge in [0.15, 0.2) is 0 Å². The average molecular weight is 214 g/mol. The van der Waals surface area contributed by atoms with E-state index in [1.807, 2.05) is 0 Å². The molecule has 2 nitrogen and oxygen atoms in total. The summed E-state index contributed by atoms with van der Waals surface area (Å²) in [4.78, 5) is 10.6. The van der Waals surface area contributed by atoms with Gasteiger partial charge in [0.2, 0.25) is 0 Å². The number of hydrogen-bond donors (Lipinski definition) is 0. The third-order valence-electron chi connectivity index (χ3n) is 2.14. The number of aryl methyl sites for hydroxylation is 1. The summed E-state index contributed by atoms with van der Waals surface area (Å²) in [5.41, 5.74) is 1.09. The summed E-state index contributed by atoms with van der Waals surface area (Å²) in [5.74, 6) is -0.342. The lowest BCUT2D eigenvalue weighted by Gasteiger charge is -2.14. The molecule has 0 heterocycles. The summed E-state index contributed by atoms with van der Waals surface area (Å²) in [7, 11) is 0. The number of halogens is 2. The molecule has 1 rings (SSSR count). The van der Waals surface area contributed by atoms with Crippen LogP contribution in [0.15, 0.2) is 18.2 Å². The van der Waals surface area contributed by atoms with Gasteiger partial charge in [-0.15, -0.1) is 0 Å². The lowest BCUT2D eigenvalue weighted by Crippen LogP contribution is -2.08. The van der Waals surface area contributed by atoms with Crippen LogP contribution in [0.4, 0.5) is 8.78 Å². The quantitative estimate of drug-likeness (QED) is 0.720. The van der Waals surface area contributed by atoms with E-state index in [1.54, 1.807) is 32.0 Å². The van der Waals surface area contributed by atoms with Crippen LogP contribution in [0.5, 0.6) is 5.75 Å². The molecule has 0 saturated heterocycles. The summed E-state index contributed by atoms with van der Waals surface area (Å²) >= 11 is 0. The molecule has 0 saturated carbocycles. The van der Waals surface area contributed by atoms with Crippen molar-refractivity contribution in [3.05, 3.63) is 29.3 Å². The van der Waals surface area contributed by atoms with Gasteiger partial charge in [0.1, 0.15) is 12.0 Å². The van der Waals surface area contributed by atoms with E-state index < -0.39 is 12.5 Å². The second-order valence-electron chi connectivity index (χ2n) is 3.30. The van der Waals surface area contributed by atoms with Gasteiger partial charge >= 0.3 is 6.61 Å². The number of para-hydroxylation sites is 1. The van der Waals surface area contributed by atoms with Gasteiger partial charge in [-0.05, 0) is 12.5 Å². The van der Waals surface area contributed by atoms with Crippen molar-refractivity contribution in [2.75, 3.05) is 0 Å². The van der Waals surface area contributed by atoms with Crippen LogP contribution in [0.3, 0.4) is 0 Å².